The van der Waals surface area contributed by atoms with Gasteiger partial charge in [0, 0.05) is 0 Å². The lowest BCUT2D eigenvalue weighted by atomic mass is 10.3. The molecule has 0 spiro atoms. The largest absolute Gasteiger partial charge is 0.270 e. The standard InChI is InChI=1S/C9H7N3S.ClH/c1-6-10-11-9-12(6)7-4-2-3-5-8(7)13-9;/h2-5H,1H3;1H. The third-order valence-electron chi connectivity index (χ3n) is 2.10. The van der Waals surface area contributed by atoms with E-state index in [4.69, 9.17) is 0 Å². The Labute approximate surface area is 90.8 Å². The second-order valence-electron chi connectivity index (χ2n) is 2.93. The van der Waals surface area contributed by atoms with Crippen LogP contribution in [-0.4, -0.2) is 14.6 Å². The maximum absolute atomic E-state index is 4.09. The van der Waals surface area contributed by atoms with Crippen LogP contribution in [0.2, 0.25) is 0 Å². The fourth-order valence-electron chi connectivity index (χ4n) is 1.51. The van der Waals surface area contributed by atoms with Gasteiger partial charge in [0.05, 0.1) is 10.2 Å². The molecule has 2 heterocycles. The van der Waals surface area contributed by atoms with Crippen molar-refractivity contribution in [2.24, 2.45) is 0 Å². The van der Waals surface area contributed by atoms with Gasteiger partial charge in [0.25, 0.3) is 0 Å². The molecule has 0 fully saturated rings. The Kier molecular flexibility index (Phi) is 2.17. The SMILES string of the molecule is Cc1nnc2sc3ccccc3n12.Cl. The van der Waals surface area contributed by atoms with Gasteiger partial charge < -0.3 is 0 Å². The van der Waals surface area contributed by atoms with Gasteiger partial charge in [0.1, 0.15) is 5.82 Å². The summed E-state index contributed by atoms with van der Waals surface area (Å²) in [7, 11) is 0. The molecule has 0 aliphatic rings. The van der Waals surface area contributed by atoms with E-state index in [1.807, 2.05) is 19.1 Å². The summed E-state index contributed by atoms with van der Waals surface area (Å²) in [6.45, 7) is 1.97. The van der Waals surface area contributed by atoms with Gasteiger partial charge in [-0.05, 0) is 19.1 Å². The highest BCUT2D eigenvalue weighted by molar-refractivity contribution is 7.23. The zero-order valence-corrected chi connectivity index (χ0v) is 9.10. The van der Waals surface area contributed by atoms with Crippen molar-refractivity contribution in [2.75, 3.05) is 0 Å². The Morgan fingerprint density at radius 1 is 1.21 bits per heavy atom. The van der Waals surface area contributed by atoms with E-state index in [0.29, 0.717) is 0 Å². The zero-order valence-electron chi connectivity index (χ0n) is 7.47. The van der Waals surface area contributed by atoms with Crippen LogP contribution in [0.4, 0.5) is 0 Å². The number of halogens is 1. The van der Waals surface area contributed by atoms with Crippen LogP contribution < -0.4 is 0 Å². The summed E-state index contributed by atoms with van der Waals surface area (Å²) >= 11 is 1.67. The van der Waals surface area contributed by atoms with Crippen LogP contribution in [0.25, 0.3) is 15.2 Å². The number of para-hydroxylation sites is 1. The third-order valence-corrected chi connectivity index (χ3v) is 3.11. The summed E-state index contributed by atoms with van der Waals surface area (Å²) in [5.41, 5.74) is 1.20. The molecule has 0 bridgehead atoms. The van der Waals surface area contributed by atoms with Gasteiger partial charge in [0.2, 0.25) is 4.96 Å². The van der Waals surface area contributed by atoms with Crippen molar-refractivity contribution in [2.45, 2.75) is 6.92 Å². The second kappa shape index (κ2) is 3.22. The van der Waals surface area contributed by atoms with Gasteiger partial charge in [-0.15, -0.1) is 22.6 Å². The minimum atomic E-state index is 0. The molecule has 72 valence electrons. The summed E-state index contributed by atoms with van der Waals surface area (Å²) in [6, 6.07) is 8.28. The first kappa shape index (κ1) is 9.43. The predicted molar refractivity (Wildman–Crippen MR) is 60.4 cm³/mol. The van der Waals surface area contributed by atoms with Crippen molar-refractivity contribution in [1.82, 2.24) is 14.6 Å². The van der Waals surface area contributed by atoms with Crippen LogP contribution in [0.1, 0.15) is 5.82 Å². The van der Waals surface area contributed by atoms with Gasteiger partial charge >= 0.3 is 0 Å². The first-order chi connectivity index (χ1) is 6.36. The average molecular weight is 226 g/mol. The summed E-state index contributed by atoms with van der Waals surface area (Å²) < 4.78 is 3.34. The van der Waals surface area contributed by atoms with E-state index in [1.165, 1.54) is 10.2 Å². The van der Waals surface area contributed by atoms with Crippen LogP contribution in [-0.2, 0) is 0 Å². The van der Waals surface area contributed by atoms with Crippen LogP contribution in [0.15, 0.2) is 24.3 Å². The van der Waals surface area contributed by atoms with Crippen LogP contribution in [0.5, 0.6) is 0 Å². The minimum absolute atomic E-state index is 0. The van der Waals surface area contributed by atoms with Crippen molar-refractivity contribution in [3.05, 3.63) is 30.1 Å². The molecule has 2 aromatic heterocycles. The van der Waals surface area contributed by atoms with E-state index in [1.54, 1.807) is 11.3 Å². The molecule has 0 aliphatic heterocycles. The number of hydrogen-bond acceptors (Lipinski definition) is 3. The van der Waals surface area contributed by atoms with Crippen molar-refractivity contribution in [3.63, 3.8) is 0 Å². The van der Waals surface area contributed by atoms with Gasteiger partial charge in [-0.25, -0.2) is 0 Å². The van der Waals surface area contributed by atoms with Gasteiger partial charge in [0.15, 0.2) is 0 Å². The molecule has 0 aliphatic carbocycles. The number of aromatic nitrogens is 3. The molecule has 0 atom stereocenters. The maximum Gasteiger partial charge on any atom is 0.217 e. The summed E-state index contributed by atoms with van der Waals surface area (Å²) in [4.78, 5) is 0.971. The molecular formula is C9H8ClN3S. The van der Waals surface area contributed by atoms with E-state index in [-0.39, 0.29) is 12.4 Å². The Morgan fingerprint density at radius 2 is 2.00 bits per heavy atom. The van der Waals surface area contributed by atoms with Crippen LogP contribution in [0, 0.1) is 6.92 Å². The molecule has 14 heavy (non-hydrogen) atoms. The van der Waals surface area contributed by atoms with Crippen molar-refractivity contribution in [3.8, 4) is 0 Å². The number of nitrogens with zero attached hydrogens (tertiary/aromatic N) is 3. The minimum Gasteiger partial charge on any atom is -0.270 e. The lowest BCUT2D eigenvalue weighted by molar-refractivity contribution is 1.02. The predicted octanol–water partition coefficient (Wildman–Crippen LogP) is 2.67. The summed E-state index contributed by atoms with van der Waals surface area (Å²) in [5.74, 6) is 0.951. The van der Waals surface area contributed by atoms with Gasteiger partial charge in [-0.1, -0.05) is 23.5 Å². The first-order valence-corrected chi connectivity index (χ1v) is 4.87. The topological polar surface area (TPSA) is 30.2 Å². The van der Waals surface area contributed by atoms with Crippen molar-refractivity contribution >= 4 is 38.9 Å². The summed E-state index contributed by atoms with van der Waals surface area (Å²) in [6.07, 6.45) is 0. The number of fused-ring (bicyclic) bond motifs is 3. The quantitative estimate of drug-likeness (QED) is 0.589. The lowest BCUT2D eigenvalue weighted by Crippen LogP contribution is -1.83. The van der Waals surface area contributed by atoms with Gasteiger partial charge in [-0.3, -0.25) is 4.40 Å². The second-order valence-corrected chi connectivity index (χ2v) is 3.94. The normalized spacial score (nSPS) is 10.6. The van der Waals surface area contributed by atoms with Gasteiger partial charge in [-0.2, -0.15) is 0 Å². The number of benzene rings is 1. The monoisotopic (exact) mass is 225 g/mol. The molecule has 0 saturated heterocycles. The van der Waals surface area contributed by atoms with Crippen molar-refractivity contribution < 1.29 is 0 Å². The molecule has 0 amide bonds. The van der Waals surface area contributed by atoms with E-state index in [0.717, 1.165) is 10.8 Å². The summed E-state index contributed by atoms with van der Waals surface area (Å²) in [5, 5.41) is 8.12. The molecular weight excluding hydrogens is 218 g/mol. The molecule has 5 heteroatoms. The lowest BCUT2D eigenvalue weighted by Gasteiger charge is -1.90. The Bertz CT molecular complexity index is 584. The van der Waals surface area contributed by atoms with Crippen LogP contribution in [0.3, 0.4) is 0 Å². The molecule has 3 nitrogen and oxygen atoms in total. The molecule has 0 unspecified atom stereocenters. The maximum atomic E-state index is 4.09. The highest BCUT2D eigenvalue weighted by atomic mass is 35.5. The highest BCUT2D eigenvalue weighted by Gasteiger charge is 2.07. The molecule has 0 saturated carbocycles. The first-order valence-electron chi connectivity index (χ1n) is 4.05. The van der Waals surface area contributed by atoms with Crippen LogP contribution >= 0.6 is 23.7 Å². The molecule has 1 aromatic carbocycles. The van der Waals surface area contributed by atoms with E-state index in [2.05, 4.69) is 26.7 Å². The third kappa shape index (κ3) is 1.11. The molecule has 0 N–H and O–H groups in total. The number of aryl methyl sites for hydroxylation is 1. The number of thiazole rings is 1. The number of rotatable bonds is 0. The van der Waals surface area contributed by atoms with E-state index < -0.39 is 0 Å². The average Bonchev–Trinajstić information content (AvgIpc) is 2.66. The highest BCUT2D eigenvalue weighted by Crippen LogP contribution is 2.25. The molecule has 0 radical (unpaired) electrons. The zero-order chi connectivity index (χ0) is 8.84. The molecule has 3 aromatic rings. The molecule has 3 rings (SSSR count). The number of hydrogen-bond donors (Lipinski definition) is 0. The smallest absolute Gasteiger partial charge is 0.217 e. The fraction of sp³-hybridized carbons (Fsp3) is 0.111. The Morgan fingerprint density at radius 3 is 2.86 bits per heavy atom. The Hall–Kier alpha value is -1.13. The fourth-order valence-corrected chi connectivity index (χ4v) is 2.52. The van der Waals surface area contributed by atoms with E-state index >= 15 is 0 Å². The van der Waals surface area contributed by atoms with Crippen molar-refractivity contribution in [1.29, 1.82) is 0 Å². The Balaban J connectivity index is 0.000000750. The van der Waals surface area contributed by atoms with E-state index in [9.17, 15) is 0 Å².